The first-order valence-electron chi connectivity index (χ1n) is 9.14. The monoisotopic (exact) mass is 396 g/mol. The number of fused-ring (bicyclic) bond motifs is 1. The Labute approximate surface area is 171 Å². The molecular formula is C24H16N2O2S. The summed E-state index contributed by atoms with van der Waals surface area (Å²) in [4.78, 5) is 4.76. The van der Waals surface area contributed by atoms with Crippen molar-refractivity contribution in [3.05, 3.63) is 95.9 Å². The van der Waals surface area contributed by atoms with Crippen LogP contribution >= 0.6 is 11.3 Å². The molecule has 0 radical (unpaired) electrons. The molecule has 5 heteroatoms. The van der Waals surface area contributed by atoms with Crippen LogP contribution < -0.4 is 5.55 Å². The molecule has 0 fully saturated rings. The predicted molar refractivity (Wildman–Crippen MR) is 116 cm³/mol. The van der Waals surface area contributed by atoms with Crippen LogP contribution in [0.1, 0.15) is 0 Å². The lowest BCUT2D eigenvalue weighted by Crippen LogP contribution is -2.05. The van der Waals surface area contributed by atoms with Gasteiger partial charge < -0.3 is 9.62 Å². The maximum atomic E-state index is 9.41. The first-order valence-corrected chi connectivity index (χ1v) is 10.0. The number of hydrogen-bond acceptors (Lipinski definition) is 5. The fraction of sp³-hybridized carbons (Fsp3) is 0. The number of thiazole rings is 1. The van der Waals surface area contributed by atoms with Crippen molar-refractivity contribution in [2.45, 2.75) is 0 Å². The third-order valence-corrected chi connectivity index (χ3v) is 5.64. The predicted octanol–water partition coefficient (Wildman–Crippen LogP) is 6.18. The van der Waals surface area contributed by atoms with Crippen LogP contribution in [0.25, 0.3) is 43.9 Å². The molecule has 0 atom stereocenters. The van der Waals surface area contributed by atoms with Gasteiger partial charge in [-0.3, -0.25) is 0 Å². The van der Waals surface area contributed by atoms with Crippen LogP contribution in [-0.4, -0.2) is 10.2 Å². The van der Waals surface area contributed by atoms with E-state index < -0.39 is 0 Å². The maximum Gasteiger partial charge on any atom is 0.265 e. The Hall–Kier alpha value is -3.70. The van der Waals surface area contributed by atoms with Crippen molar-refractivity contribution in [3.8, 4) is 33.0 Å². The highest BCUT2D eigenvalue weighted by Crippen LogP contribution is 2.30. The van der Waals surface area contributed by atoms with Crippen LogP contribution in [0.5, 0.6) is 0 Å². The summed E-state index contributed by atoms with van der Waals surface area (Å²) in [5.74, 6) is 0. The first-order chi connectivity index (χ1) is 14.3. The van der Waals surface area contributed by atoms with Crippen LogP contribution in [0.2, 0.25) is 0 Å². The quantitative estimate of drug-likeness (QED) is 0.293. The normalized spacial score (nSPS) is 11.8. The van der Waals surface area contributed by atoms with Gasteiger partial charge in [-0.1, -0.05) is 72.8 Å². The summed E-state index contributed by atoms with van der Waals surface area (Å²) >= 11 is 1.49. The van der Waals surface area contributed by atoms with Gasteiger partial charge in [0.1, 0.15) is 10.6 Å². The van der Waals surface area contributed by atoms with Crippen LogP contribution in [0, 0.1) is 0 Å². The summed E-state index contributed by atoms with van der Waals surface area (Å²) < 4.78 is 5.73. The van der Waals surface area contributed by atoms with Crippen molar-refractivity contribution < 1.29 is 9.62 Å². The number of para-hydroxylation sites is 1. The van der Waals surface area contributed by atoms with Crippen molar-refractivity contribution in [3.63, 3.8) is 0 Å². The van der Waals surface area contributed by atoms with Crippen LogP contribution in [0.15, 0.2) is 99.9 Å². The number of rotatable bonds is 3. The topological polar surface area (TPSA) is 58.6 Å². The molecule has 0 amide bonds. The molecule has 1 N–H and O–H groups in total. The third-order valence-electron chi connectivity index (χ3n) is 4.77. The van der Waals surface area contributed by atoms with E-state index in [2.05, 4.69) is 41.6 Å². The molecule has 0 unspecified atom stereocenters. The third kappa shape index (κ3) is 3.32. The zero-order chi connectivity index (χ0) is 19.6. The van der Waals surface area contributed by atoms with E-state index in [0.29, 0.717) is 11.1 Å². The highest BCUT2D eigenvalue weighted by molar-refractivity contribution is 7.13. The second kappa shape index (κ2) is 7.37. The molecule has 0 aliphatic rings. The van der Waals surface area contributed by atoms with E-state index in [1.807, 2.05) is 53.9 Å². The second-order valence-corrected chi connectivity index (χ2v) is 7.44. The van der Waals surface area contributed by atoms with E-state index in [9.17, 15) is 5.21 Å². The molecule has 0 spiro atoms. The Kier molecular flexibility index (Phi) is 4.42. The highest BCUT2D eigenvalue weighted by atomic mass is 32.1. The minimum atomic E-state index is 0.157. The zero-order valence-corrected chi connectivity index (χ0v) is 16.1. The van der Waals surface area contributed by atoms with Crippen LogP contribution in [0.4, 0.5) is 0 Å². The largest absolute Gasteiger partial charge is 0.435 e. The summed E-state index contributed by atoms with van der Waals surface area (Å²) in [7, 11) is 0. The molecule has 29 heavy (non-hydrogen) atoms. The van der Waals surface area contributed by atoms with Crippen molar-refractivity contribution >= 4 is 22.3 Å². The SMILES string of the molecule is O/N=c1\oc2ccccc2cc1-c1nc(-c2ccc(-c3ccccc3)cc2)cs1. The average molecular weight is 396 g/mol. The van der Waals surface area contributed by atoms with Crippen LogP contribution in [-0.2, 0) is 0 Å². The van der Waals surface area contributed by atoms with Crippen molar-refractivity contribution in [2.24, 2.45) is 5.16 Å². The van der Waals surface area contributed by atoms with E-state index in [4.69, 9.17) is 9.40 Å². The van der Waals surface area contributed by atoms with Gasteiger partial charge in [0.2, 0.25) is 0 Å². The number of benzene rings is 3. The molecule has 5 rings (SSSR count). The zero-order valence-electron chi connectivity index (χ0n) is 15.3. The highest BCUT2D eigenvalue weighted by Gasteiger charge is 2.12. The lowest BCUT2D eigenvalue weighted by atomic mass is 10.0. The summed E-state index contributed by atoms with van der Waals surface area (Å²) in [5, 5.41) is 16.4. The number of aromatic nitrogens is 1. The van der Waals surface area contributed by atoms with E-state index in [1.54, 1.807) is 0 Å². The van der Waals surface area contributed by atoms with E-state index in [0.717, 1.165) is 21.7 Å². The Balaban J connectivity index is 1.52. The van der Waals surface area contributed by atoms with Crippen LogP contribution in [0.3, 0.4) is 0 Å². The molecule has 5 aromatic rings. The van der Waals surface area contributed by atoms with Gasteiger partial charge in [-0.25, -0.2) is 4.98 Å². The number of hydrogen-bond donors (Lipinski definition) is 1. The van der Waals surface area contributed by atoms with Gasteiger partial charge in [0, 0.05) is 16.3 Å². The lowest BCUT2D eigenvalue weighted by Gasteiger charge is -2.03. The van der Waals surface area contributed by atoms with Gasteiger partial charge in [0.15, 0.2) is 0 Å². The minimum absolute atomic E-state index is 0.157. The summed E-state index contributed by atoms with van der Waals surface area (Å²) in [6.07, 6.45) is 0. The molecular weight excluding hydrogens is 380 g/mol. The van der Waals surface area contributed by atoms with E-state index in [-0.39, 0.29) is 5.55 Å². The molecule has 0 aliphatic heterocycles. The van der Waals surface area contributed by atoms with Gasteiger partial charge >= 0.3 is 0 Å². The molecule has 0 saturated carbocycles. The summed E-state index contributed by atoms with van der Waals surface area (Å²) in [6, 6.07) is 28.2. The van der Waals surface area contributed by atoms with E-state index in [1.165, 1.54) is 22.5 Å². The maximum absolute atomic E-state index is 9.41. The van der Waals surface area contributed by atoms with Gasteiger partial charge in [0.05, 0.1) is 11.3 Å². The molecule has 4 nitrogen and oxygen atoms in total. The summed E-state index contributed by atoms with van der Waals surface area (Å²) in [6.45, 7) is 0. The molecule has 2 heterocycles. The smallest absolute Gasteiger partial charge is 0.265 e. The fourth-order valence-corrected chi connectivity index (χ4v) is 4.13. The Morgan fingerprint density at radius 2 is 1.48 bits per heavy atom. The van der Waals surface area contributed by atoms with Crippen molar-refractivity contribution in [2.75, 3.05) is 0 Å². The van der Waals surface area contributed by atoms with Gasteiger partial charge in [-0.05, 0) is 28.4 Å². The Bertz CT molecular complexity index is 1350. The standard InChI is InChI=1S/C24H16N2O2S/c27-26-23-20(14-19-8-4-5-9-22(19)28-23)24-25-21(15-29-24)18-12-10-17(11-13-18)16-6-2-1-3-7-16/h1-15,27H/b26-23-. The Morgan fingerprint density at radius 3 is 2.28 bits per heavy atom. The molecule has 0 aliphatic carbocycles. The number of nitrogens with zero attached hydrogens (tertiary/aromatic N) is 2. The Morgan fingerprint density at radius 1 is 0.793 bits per heavy atom. The van der Waals surface area contributed by atoms with Gasteiger partial charge in [-0.15, -0.1) is 11.3 Å². The lowest BCUT2D eigenvalue weighted by molar-refractivity contribution is 0.277. The molecule has 0 saturated heterocycles. The average Bonchev–Trinajstić information content (AvgIpc) is 3.29. The van der Waals surface area contributed by atoms with Gasteiger partial charge in [-0.2, -0.15) is 0 Å². The summed E-state index contributed by atoms with van der Waals surface area (Å²) in [5.41, 5.74) is 5.75. The minimum Gasteiger partial charge on any atom is -0.435 e. The molecule has 140 valence electrons. The van der Waals surface area contributed by atoms with E-state index >= 15 is 0 Å². The fourth-order valence-electron chi connectivity index (χ4n) is 3.29. The second-order valence-electron chi connectivity index (χ2n) is 6.58. The molecule has 2 aromatic heterocycles. The van der Waals surface area contributed by atoms with Crippen molar-refractivity contribution in [1.82, 2.24) is 4.98 Å². The van der Waals surface area contributed by atoms with Gasteiger partial charge in [0.25, 0.3) is 5.55 Å². The molecule has 3 aromatic carbocycles. The van der Waals surface area contributed by atoms with Crippen molar-refractivity contribution in [1.29, 1.82) is 0 Å². The first kappa shape index (κ1) is 17.4. The molecule has 0 bridgehead atoms.